The number of nitrogens with zero attached hydrogens (tertiary/aromatic N) is 2. The van der Waals surface area contributed by atoms with E-state index in [2.05, 4.69) is 16.3 Å². The van der Waals surface area contributed by atoms with Crippen molar-refractivity contribution in [2.45, 2.75) is 19.3 Å². The number of nitrogens with one attached hydrogen (secondary N) is 1. The lowest BCUT2D eigenvalue weighted by Crippen LogP contribution is -2.43. The van der Waals surface area contributed by atoms with Gasteiger partial charge in [-0.15, -0.1) is 0 Å². The van der Waals surface area contributed by atoms with Crippen LogP contribution in [0.4, 0.5) is 0 Å². The molecule has 90 valence electrons. The Morgan fingerprint density at radius 2 is 2.06 bits per heavy atom. The van der Waals surface area contributed by atoms with E-state index in [0.717, 1.165) is 58.8 Å². The van der Waals surface area contributed by atoms with E-state index in [1.807, 2.05) is 0 Å². The third kappa shape index (κ3) is 2.94. The van der Waals surface area contributed by atoms with Gasteiger partial charge in [-0.25, -0.2) is 0 Å². The molecule has 0 amide bonds. The third-order valence-corrected chi connectivity index (χ3v) is 3.72. The van der Waals surface area contributed by atoms with Gasteiger partial charge in [0, 0.05) is 32.7 Å². The maximum absolute atomic E-state index is 9.07. The van der Waals surface area contributed by atoms with Crippen molar-refractivity contribution in [1.29, 1.82) is 5.26 Å². The van der Waals surface area contributed by atoms with Crippen LogP contribution in [0.2, 0.25) is 0 Å². The molecular weight excluding hydrogens is 202 g/mol. The summed E-state index contributed by atoms with van der Waals surface area (Å²) in [4.78, 5) is 2.41. The van der Waals surface area contributed by atoms with Crippen molar-refractivity contribution in [1.82, 2.24) is 10.2 Å². The highest BCUT2D eigenvalue weighted by atomic mass is 16.5. The second-order valence-corrected chi connectivity index (χ2v) is 4.88. The van der Waals surface area contributed by atoms with Crippen LogP contribution in [0.3, 0.4) is 0 Å². The molecule has 1 aliphatic carbocycles. The van der Waals surface area contributed by atoms with E-state index in [0.29, 0.717) is 0 Å². The van der Waals surface area contributed by atoms with Gasteiger partial charge in [0.25, 0.3) is 0 Å². The Labute approximate surface area is 97.6 Å². The molecule has 0 spiro atoms. The smallest absolute Gasteiger partial charge is 0.0703 e. The van der Waals surface area contributed by atoms with E-state index >= 15 is 0 Å². The summed E-state index contributed by atoms with van der Waals surface area (Å²) in [6.45, 7) is 6.75. The summed E-state index contributed by atoms with van der Waals surface area (Å²) in [5.41, 5.74) is -0.0367. The molecule has 1 heterocycles. The average Bonchev–Trinajstić information content (AvgIpc) is 2.29. The van der Waals surface area contributed by atoms with E-state index in [1.165, 1.54) is 6.42 Å². The van der Waals surface area contributed by atoms with Crippen LogP contribution in [-0.2, 0) is 4.74 Å². The van der Waals surface area contributed by atoms with Gasteiger partial charge in [-0.3, -0.25) is 4.90 Å². The fraction of sp³-hybridized carbons (Fsp3) is 0.917. The maximum Gasteiger partial charge on any atom is 0.0703 e. The highest BCUT2D eigenvalue weighted by Crippen LogP contribution is 2.39. The van der Waals surface area contributed by atoms with Gasteiger partial charge in [0.1, 0.15) is 0 Å². The average molecular weight is 223 g/mol. The quantitative estimate of drug-likeness (QED) is 0.693. The topological polar surface area (TPSA) is 48.3 Å². The first-order chi connectivity index (χ1) is 7.85. The van der Waals surface area contributed by atoms with Gasteiger partial charge < -0.3 is 10.1 Å². The zero-order valence-electron chi connectivity index (χ0n) is 9.87. The molecule has 1 saturated heterocycles. The van der Waals surface area contributed by atoms with Crippen molar-refractivity contribution in [3.63, 3.8) is 0 Å². The fourth-order valence-electron chi connectivity index (χ4n) is 2.32. The Kier molecular flexibility index (Phi) is 4.16. The molecule has 2 rings (SSSR count). The summed E-state index contributed by atoms with van der Waals surface area (Å²) in [5, 5.41) is 12.5. The first-order valence-corrected chi connectivity index (χ1v) is 6.27. The predicted molar refractivity (Wildman–Crippen MR) is 62.0 cm³/mol. The molecule has 2 fully saturated rings. The summed E-state index contributed by atoms with van der Waals surface area (Å²) in [7, 11) is 0. The van der Waals surface area contributed by atoms with Gasteiger partial charge in [-0.2, -0.15) is 5.26 Å². The first-order valence-electron chi connectivity index (χ1n) is 6.27. The van der Waals surface area contributed by atoms with Crippen molar-refractivity contribution in [3.8, 4) is 6.07 Å². The summed E-state index contributed by atoms with van der Waals surface area (Å²) in [6, 6.07) is 2.46. The summed E-state index contributed by atoms with van der Waals surface area (Å²) < 4.78 is 5.30. The molecule has 0 bridgehead atoms. The molecule has 0 unspecified atom stereocenters. The number of ether oxygens (including phenoxy) is 1. The molecule has 2 aliphatic rings. The molecule has 16 heavy (non-hydrogen) atoms. The lowest BCUT2D eigenvalue weighted by atomic mass is 9.70. The lowest BCUT2D eigenvalue weighted by molar-refractivity contribution is 0.0380. The minimum Gasteiger partial charge on any atom is -0.379 e. The maximum atomic E-state index is 9.07. The molecule has 4 nitrogen and oxygen atoms in total. The second-order valence-electron chi connectivity index (χ2n) is 4.88. The van der Waals surface area contributed by atoms with Crippen LogP contribution >= 0.6 is 0 Å². The largest absolute Gasteiger partial charge is 0.379 e. The third-order valence-electron chi connectivity index (χ3n) is 3.72. The van der Waals surface area contributed by atoms with E-state index in [4.69, 9.17) is 10.00 Å². The van der Waals surface area contributed by atoms with Crippen molar-refractivity contribution in [2.75, 3.05) is 45.9 Å². The SMILES string of the molecule is N#CC1(CNCCN2CCOCC2)CCC1. The normalized spacial score (nSPS) is 24.7. The minimum atomic E-state index is -0.0367. The molecule has 4 heteroatoms. The molecule has 1 aliphatic heterocycles. The molecular formula is C12H21N3O. The van der Waals surface area contributed by atoms with Gasteiger partial charge in [-0.05, 0) is 12.8 Å². The fourth-order valence-corrected chi connectivity index (χ4v) is 2.32. The molecule has 0 atom stereocenters. The summed E-state index contributed by atoms with van der Waals surface area (Å²) in [6.07, 6.45) is 3.38. The van der Waals surface area contributed by atoms with Crippen molar-refractivity contribution in [2.24, 2.45) is 5.41 Å². The molecule has 0 aromatic rings. The van der Waals surface area contributed by atoms with Crippen molar-refractivity contribution >= 4 is 0 Å². The number of rotatable bonds is 5. The molecule has 1 saturated carbocycles. The zero-order chi connectivity index (χ0) is 11.3. The van der Waals surface area contributed by atoms with E-state index < -0.39 is 0 Å². The monoisotopic (exact) mass is 223 g/mol. The van der Waals surface area contributed by atoms with Crippen molar-refractivity contribution in [3.05, 3.63) is 0 Å². The van der Waals surface area contributed by atoms with E-state index in [-0.39, 0.29) is 5.41 Å². The standard InChI is InChI=1S/C12H21N3O/c13-10-12(2-1-3-12)11-14-4-5-15-6-8-16-9-7-15/h14H,1-9,11H2. The number of morpholine rings is 1. The van der Waals surface area contributed by atoms with Gasteiger partial charge in [0.2, 0.25) is 0 Å². The minimum absolute atomic E-state index is 0.0367. The van der Waals surface area contributed by atoms with Crippen LogP contribution in [-0.4, -0.2) is 50.8 Å². The first kappa shape index (κ1) is 11.8. The highest BCUT2D eigenvalue weighted by molar-refractivity contribution is 5.05. The highest BCUT2D eigenvalue weighted by Gasteiger charge is 2.36. The Bertz CT molecular complexity index is 251. The van der Waals surface area contributed by atoms with Crippen LogP contribution in [0.15, 0.2) is 0 Å². The molecule has 0 aromatic heterocycles. The molecule has 0 aromatic carbocycles. The zero-order valence-corrected chi connectivity index (χ0v) is 9.87. The number of nitriles is 1. The molecule has 0 radical (unpaired) electrons. The lowest BCUT2D eigenvalue weighted by Gasteiger charge is -2.35. The Balaban J connectivity index is 1.56. The Morgan fingerprint density at radius 1 is 1.31 bits per heavy atom. The van der Waals surface area contributed by atoms with Gasteiger partial charge in [0.05, 0.1) is 24.7 Å². The number of hydrogen-bond donors (Lipinski definition) is 1. The second kappa shape index (κ2) is 5.62. The summed E-state index contributed by atoms with van der Waals surface area (Å²) in [5.74, 6) is 0. The summed E-state index contributed by atoms with van der Waals surface area (Å²) >= 11 is 0. The predicted octanol–water partition coefficient (Wildman–Crippen LogP) is 0.602. The Hall–Kier alpha value is -0.630. The van der Waals surface area contributed by atoms with Crippen LogP contribution in [0.25, 0.3) is 0 Å². The van der Waals surface area contributed by atoms with Crippen LogP contribution < -0.4 is 5.32 Å². The van der Waals surface area contributed by atoms with E-state index in [1.54, 1.807) is 0 Å². The molecule has 1 N–H and O–H groups in total. The van der Waals surface area contributed by atoms with Crippen LogP contribution in [0.1, 0.15) is 19.3 Å². The van der Waals surface area contributed by atoms with Gasteiger partial charge >= 0.3 is 0 Å². The van der Waals surface area contributed by atoms with Gasteiger partial charge in [-0.1, -0.05) is 6.42 Å². The van der Waals surface area contributed by atoms with Crippen molar-refractivity contribution < 1.29 is 4.74 Å². The van der Waals surface area contributed by atoms with Crippen LogP contribution in [0.5, 0.6) is 0 Å². The number of hydrogen-bond acceptors (Lipinski definition) is 4. The Morgan fingerprint density at radius 3 is 2.62 bits per heavy atom. The van der Waals surface area contributed by atoms with E-state index in [9.17, 15) is 0 Å². The van der Waals surface area contributed by atoms with Crippen LogP contribution in [0, 0.1) is 16.7 Å². The van der Waals surface area contributed by atoms with Gasteiger partial charge in [0.15, 0.2) is 0 Å².